The minimum absolute atomic E-state index is 0.0640. The summed E-state index contributed by atoms with van der Waals surface area (Å²) in [4.78, 5) is 11.4. The van der Waals surface area contributed by atoms with Gasteiger partial charge in [0.05, 0.1) is 11.6 Å². The first-order valence-corrected chi connectivity index (χ1v) is 10.1. The lowest BCUT2D eigenvalue weighted by atomic mass is 10.1. The highest BCUT2D eigenvalue weighted by Gasteiger charge is 2.19. The zero-order chi connectivity index (χ0) is 19.8. The zero-order valence-corrected chi connectivity index (χ0v) is 16.4. The molecule has 150 valence electrons. The maximum absolute atomic E-state index is 6.16. The number of nitrogens with zero attached hydrogens (tertiary/aromatic N) is 5. The summed E-state index contributed by atoms with van der Waals surface area (Å²) >= 11 is 0. The number of imidazole rings is 1. The van der Waals surface area contributed by atoms with Crippen LogP contribution in [0.4, 0.5) is 5.82 Å². The summed E-state index contributed by atoms with van der Waals surface area (Å²) < 4.78 is 13.6. The normalized spacial score (nSPS) is 15.9. The van der Waals surface area contributed by atoms with Gasteiger partial charge in [-0.25, -0.2) is 14.5 Å². The number of hydrogen-bond acceptors (Lipinski definition) is 7. The lowest BCUT2D eigenvalue weighted by Gasteiger charge is -2.27. The molecule has 0 amide bonds. The standard InChI is InChI=1S/C21H24N6O2/c1-14(22)13-28-20-6-5-19-24-12-16(27(19)25-20)18-11-15-17(29-18)7-8-23-21(15)26-9-3-2-4-10-26/h5-8,11-12,14H,2-4,9-10,13,22H2,1H3/t14-/m0/s1. The topological polar surface area (TPSA) is 94.7 Å². The van der Waals surface area contributed by atoms with E-state index in [2.05, 4.69) is 20.0 Å². The van der Waals surface area contributed by atoms with Crippen molar-refractivity contribution in [2.45, 2.75) is 32.2 Å². The van der Waals surface area contributed by atoms with E-state index in [1.165, 1.54) is 19.3 Å². The van der Waals surface area contributed by atoms with Gasteiger partial charge in [0.1, 0.15) is 23.7 Å². The van der Waals surface area contributed by atoms with E-state index in [0.717, 1.165) is 41.2 Å². The summed E-state index contributed by atoms with van der Waals surface area (Å²) in [5.41, 5.74) is 8.09. The van der Waals surface area contributed by atoms with E-state index >= 15 is 0 Å². The molecule has 0 radical (unpaired) electrons. The van der Waals surface area contributed by atoms with Crippen LogP contribution in [0.1, 0.15) is 26.2 Å². The molecule has 1 fully saturated rings. The predicted octanol–water partition coefficient (Wildman–Crippen LogP) is 3.25. The lowest BCUT2D eigenvalue weighted by Crippen LogP contribution is -2.30. The highest BCUT2D eigenvalue weighted by Crippen LogP contribution is 2.33. The predicted molar refractivity (Wildman–Crippen MR) is 111 cm³/mol. The fourth-order valence-electron chi connectivity index (χ4n) is 3.75. The Bertz CT molecular complexity index is 1140. The largest absolute Gasteiger partial charge is 0.475 e. The molecule has 0 aromatic carbocycles. The molecule has 4 aromatic heterocycles. The van der Waals surface area contributed by atoms with E-state index in [0.29, 0.717) is 18.2 Å². The van der Waals surface area contributed by atoms with Crippen LogP contribution in [0.3, 0.4) is 0 Å². The van der Waals surface area contributed by atoms with E-state index in [9.17, 15) is 0 Å². The van der Waals surface area contributed by atoms with Gasteiger partial charge < -0.3 is 19.8 Å². The van der Waals surface area contributed by atoms with Crippen LogP contribution in [-0.2, 0) is 0 Å². The molecule has 8 nitrogen and oxygen atoms in total. The Labute approximate surface area is 168 Å². The third-order valence-corrected chi connectivity index (χ3v) is 5.16. The first kappa shape index (κ1) is 17.9. The van der Waals surface area contributed by atoms with E-state index < -0.39 is 0 Å². The smallest absolute Gasteiger partial charge is 0.231 e. The van der Waals surface area contributed by atoms with Crippen LogP contribution in [0.25, 0.3) is 28.1 Å². The van der Waals surface area contributed by atoms with Crippen molar-refractivity contribution in [2.24, 2.45) is 5.73 Å². The van der Waals surface area contributed by atoms with Gasteiger partial charge in [0, 0.05) is 31.4 Å². The molecule has 0 bridgehead atoms. The first-order chi connectivity index (χ1) is 14.2. The SMILES string of the molecule is C[C@H](N)COc1ccc2ncc(-c3cc4c(N5CCCCC5)nccc4o3)n2n1. The van der Waals surface area contributed by atoms with Crippen LogP contribution < -0.4 is 15.4 Å². The number of furan rings is 1. The third-order valence-electron chi connectivity index (χ3n) is 5.16. The van der Waals surface area contributed by atoms with Gasteiger partial charge in [-0.2, -0.15) is 0 Å². The molecule has 5 rings (SSSR count). The maximum atomic E-state index is 6.16. The molecule has 29 heavy (non-hydrogen) atoms. The fraction of sp³-hybridized carbons (Fsp3) is 0.381. The van der Waals surface area contributed by atoms with Crippen molar-refractivity contribution in [3.63, 3.8) is 0 Å². The quantitative estimate of drug-likeness (QED) is 0.557. The summed E-state index contributed by atoms with van der Waals surface area (Å²) in [6.07, 6.45) is 7.26. The Morgan fingerprint density at radius 1 is 1.17 bits per heavy atom. The molecule has 0 unspecified atom stereocenters. The molecule has 5 heterocycles. The van der Waals surface area contributed by atoms with E-state index in [-0.39, 0.29) is 6.04 Å². The summed E-state index contributed by atoms with van der Waals surface area (Å²) in [7, 11) is 0. The molecule has 1 aliphatic rings. The van der Waals surface area contributed by atoms with Gasteiger partial charge in [-0.1, -0.05) is 0 Å². The van der Waals surface area contributed by atoms with E-state index in [1.807, 2.05) is 31.3 Å². The van der Waals surface area contributed by atoms with Gasteiger partial charge in [-0.05, 0) is 44.4 Å². The van der Waals surface area contributed by atoms with Crippen molar-refractivity contribution in [1.29, 1.82) is 0 Å². The van der Waals surface area contributed by atoms with Gasteiger partial charge in [0.25, 0.3) is 0 Å². The van der Waals surface area contributed by atoms with Crippen LogP contribution in [0.5, 0.6) is 5.88 Å². The van der Waals surface area contributed by atoms with Crippen molar-refractivity contribution in [3.05, 3.63) is 36.7 Å². The van der Waals surface area contributed by atoms with Crippen molar-refractivity contribution < 1.29 is 9.15 Å². The molecule has 0 aliphatic carbocycles. The van der Waals surface area contributed by atoms with Gasteiger partial charge in [0.2, 0.25) is 5.88 Å². The number of fused-ring (bicyclic) bond motifs is 2. The summed E-state index contributed by atoms with van der Waals surface area (Å²) in [6.45, 7) is 4.36. The molecule has 1 atom stereocenters. The van der Waals surface area contributed by atoms with Crippen LogP contribution in [0.15, 0.2) is 41.1 Å². The Hall–Kier alpha value is -3.13. The number of rotatable bonds is 5. The molecular formula is C21H24N6O2. The summed E-state index contributed by atoms with van der Waals surface area (Å²) in [5, 5.41) is 5.57. The van der Waals surface area contributed by atoms with Crippen molar-refractivity contribution in [1.82, 2.24) is 19.6 Å². The molecule has 0 saturated carbocycles. The average Bonchev–Trinajstić information content (AvgIpc) is 3.36. The number of piperidine rings is 1. The minimum atomic E-state index is -0.0640. The zero-order valence-electron chi connectivity index (χ0n) is 16.4. The Kier molecular flexibility index (Phi) is 4.55. The fourth-order valence-corrected chi connectivity index (χ4v) is 3.75. The molecule has 4 aromatic rings. The lowest BCUT2D eigenvalue weighted by molar-refractivity contribution is 0.281. The first-order valence-electron chi connectivity index (χ1n) is 10.1. The third kappa shape index (κ3) is 3.40. The van der Waals surface area contributed by atoms with E-state index in [4.69, 9.17) is 14.9 Å². The average molecular weight is 392 g/mol. The molecule has 0 spiro atoms. The molecule has 1 saturated heterocycles. The number of pyridine rings is 1. The van der Waals surface area contributed by atoms with Gasteiger partial charge in [-0.15, -0.1) is 5.10 Å². The Balaban J connectivity index is 1.55. The van der Waals surface area contributed by atoms with Crippen molar-refractivity contribution >= 4 is 22.4 Å². The summed E-state index contributed by atoms with van der Waals surface area (Å²) in [5.74, 6) is 2.19. The van der Waals surface area contributed by atoms with Crippen LogP contribution in [-0.4, -0.2) is 45.3 Å². The Morgan fingerprint density at radius 3 is 2.86 bits per heavy atom. The summed E-state index contributed by atoms with van der Waals surface area (Å²) in [6, 6.07) is 7.54. The number of ether oxygens (including phenoxy) is 1. The molecule has 2 N–H and O–H groups in total. The number of anilines is 1. The van der Waals surface area contributed by atoms with Crippen LogP contribution in [0.2, 0.25) is 0 Å². The number of aromatic nitrogens is 4. The molecular weight excluding hydrogens is 368 g/mol. The van der Waals surface area contributed by atoms with E-state index in [1.54, 1.807) is 16.8 Å². The highest BCUT2D eigenvalue weighted by molar-refractivity contribution is 5.91. The van der Waals surface area contributed by atoms with Crippen LogP contribution >= 0.6 is 0 Å². The maximum Gasteiger partial charge on any atom is 0.231 e. The van der Waals surface area contributed by atoms with Gasteiger partial charge in [-0.3, -0.25) is 0 Å². The second-order valence-corrected chi connectivity index (χ2v) is 7.58. The van der Waals surface area contributed by atoms with Crippen molar-refractivity contribution in [2.75, 3.05) is 24.6 Å². The second-order valence-electron chi connectivity index (χ2n) is 7.58. The van der Waals surface area contributed by atoms with Gasteiger partial charge >= 0.3 is 0 Å². The van der Waals surface area contributed by atoms with Crippen LogP contribution in [0, 0.1) is 0 Å². The highest BCUT2D eigenvalue weighted by atomic mass is 16.5. The minimum Gasteiger partial charge on any atom is -0.475 e. The molecule has 8 heteroatoms. The Morgan fingerprint density at radius 2 is 2.03 bits per heavy atom. The number of hydrogen-bond donors (Lipinski definition) is 1. The second kappa shape index (κ2) is 7.36. The molecule has 1 aliphatic heterocycles. The van der Waals surface area contributed by atoms with Crippen molar-refractivity contribution in [3.8, 4) is 17.3 Å². The monoisotopic (exact) mass is 392 g/mol. The number of nitrogens with two attached hydrogens (primary N) is 1. The van der Waals surface area contributed by atoms with Gasteiger partial charge in [0.15, 0.2) is 11.4 Å².